The smallest absolute Gasteiger partial charge is 0.327 e. The summed E-state index contributed by atoms with van der Waals surface area (Å²) in [5.41, 5.74) is 0. The first-order valence-electron chi connectivity index (χ1n) is 13.9. The van der Waals surface area contributed by atoms with Gasteiger partial charge >= 0.3 is 17.9 Å². The van der Waals surface area contributed by atoms with E-state index in [9.17, 15) is 32.1 Å². The van der Waals surface area contributed by atoms with Crippen molar-refractivity contribution < 1.29 is 47.1 Å². The zero-order valence-electron chi connectivity index (χ0n) is 26.7. The van der Waals surface area contributed by atoms with Crippen LogP contribution in [0.4, 0.5) is 0 Å². The number of hydrogen-bond donors (Lipinski definition) is 4. The average Bonchev–Trinajstić information content (AvgIpc) is 2.83. The molecule has 1 atom stereocenters. The van der Waals surface area contributed by atoms with E-state index in [1.54, 1.807) is 0 Å². The van der Waals surface area contributed by atoms with Crippen molar-refractivity contribution in [3.8, 4) is 0 Å². The van der Waals surface area contributed by atoms with Gasteiger partial charge in [0.25, 0.3) is 10.1 Å². The second-order valence-electron chi connectivity index (χ2n) is 9.72. The van der Waals surface area contributed by atoms with Gasteiger partial charge < -0.3 is 20.3 Å². The van der Waals surface area contributed by atoms with Crippen molar-refractivity contribution in [1.29, 1.82) is 0 Å². The molecule has 0 aliphatic heterocycles. The van der Waals surface area contributed by atoms with E-state index in [2.05, 4.69) is 17.0 Å². The van der Waals surface area contributed by atoms with Crippen LogP contribution in [0, 0.1) is 5.92 Å². The number of nitrogens with one attached hydrogen (secondary N) is 1. The minimum Gasteiger partial charge on any atom is -0.481 e. The maximum Gasteiger partial charge on any atom is 0.327 e. The number of aliphatic carboxylic acids is 2. The van der Waals surface area contributed by atoms with Crippen molar-refractivity contribution in [3.05, 3.63) is 0 Å². The molecular weight excluding hydrogens is 610 g/mol. The Kier molecular flexibility index (Phi) is 43.3. The molecule has 226 valence electrons. The van der Waals surface area contributed by atoms with Crippen molar-refractivity contribution in [3.63, 3.8) is 0 Å². The van der Waals surface area contributed by atoms with Crippen LogP contribution >= 0.6 is 0 Å². The average molecular weight is 658 g/mol. The van der Waals surface area contributed by atoms with Gasteiger partial charge in [-0.25, -0.2) is 0 Å². The third kappa shape index (κ3) is 30.4. The number of ether oxygens (including phenoxy) is 1. The van der Waals surface area contributed by atoms with Gasteiger partial charge in [-0.2, -0.15) is 8.42 Å². The fourth-order valence-corrected chi connectivity index (χ4v) is 4.63. The second kappa shape index (κ2) is 34.1. The van der Waals surface area contributed by atoms with Gasteiger partial charge in [0.2, 0.25) is 5.91 Å². The molecule has 11 nitrogen and oxygen atoms in total. The van der Waals surface area contributed by atoms with E-state index in [0.29, 0.717) is 6.42 Å². The van der Waals surface area contributed by atoms with Crippen LogP contribution in [0.1, 0.15) is 116 Å². The summed E-state index contributed by atoms with van der Waals surface area (Å²) in [4.78, 5) is 45.7. The summed E-state index contributed by atoms with van der Waals surface area (Å²) in [5.74, 6) is -8.09. The van der Waals surface area contributed by atoms with Gasteiger partial charge in [-0.15, -0.1) is 0 Å². The van der Waals surface area contributed by atoms with E-state index in [-0.39, 0.29) is 125 Å². The van der Waals surface area contributed by atoms with Crippen LogP contribution in [0.3, 0.4) is 0 Å². The Labute approximate surface area is 340 Å². The first kappa shape index (κ1) is 53.3. The molecule has 16 heteroatoms. The second-order valence-corrected chi connectivity index (χ2v) is 11.3. The minimum atomic E-state index is -5.04. The largest absolute Gasteiger partial charge is 0.481 e. The van der Waals surface area contributed by atoms with Crippen molar-refractivity contribution in [2.45, 2.75) is 121 Å². The van der Waals surface area contributed by atoms with Gasteiger partial charge in [0, 0.05) is 125 Å². The summed E-state index contributed by atoms with van der Waals surface area (Å²) in [6.45, 7) is 1.36. The van der Waals surface area contributed by atoms with Crippen molar-refractivity contribution >= 4 is 152 Å². The molecule has 1 amide bonds. The van der Waals surface area contributed by atoms with Crippen molar-refractivity contribution in [2.24, 2.45) is 5.92 Å². The van der Waals surface area contributed by atoms with Crippen molar-refractivity contribution in [2.75, 3.05) is 13.2 Å². The molecule has 1 unspecified atom stereocenters. The summed E-state index contributed by atoms with van der Waals surface area (Å²) in [6.07, 6.45) is 18.4. The standard InChI is InChI=1S/C26H47NO10S.4Na/c1-2-3-4-5-6-7-8-9-10-11-12-13-14-15-16-17-18-27-23(28)19-22(38(34,35)36)26(33)37-20-21(24(29)30)25(31)32;;;;/h21-22H,2-20H2,1H3,(H,27,28)(H,29,30)(H,31,32)(H,34,35,36);;;;. The zero-order chi connectivity index (χ0) is 28.8. The first-order chi connectivity index (χ1) is 18.0. The zero-order valence-corrected chi connectivity index (χ0v) is 35.5. The molecule has 0 aromatic heterocycles. The van der Waals surface area contributed by atoms with Crippen LogP contribution in [0.2, 0.25) is 0 Å². The van der Waals surface area contributed by atoms with Gasteiger partial charge in [0.15, 0.2) is 11.2 Å². The topological polar surface area (TPSA) is 184 Å². The number of amides is 1. The molecule has 0 aromatic rings. The van der Waals surface area contributed by atoms with Crippen LogP contribution in [-0.2, 0) is 34.0 Å². The molecule has 0 rings (SSSR count). The van der Waals surface area contributed by atoms with E-state index in [1.807, 2.05) is 0 Å². The molecule has 4 N–H and O–H groups in total. The Hall–Kier alpha value is 1.79. The van der Waals surface area contributed by atoms with Crippen LogP contribution in [0.5, 0.6) is 0 Å². The number of carboxylic acid groups (broad SMARTS) is 2. The van der Waals surface area contributed by atoms with Gasteiger partial charge in [-0.3, -0.25) is 23.7 Å². The summed E-state index contributed by atoms with van der Waals surface area (Å²) in [7, 11) is -5.04. The maximum atomic E-state index is 12.0. The molecule has 0 aromatic carbocycles. The Morgan fingerprint density at radius 1 is 0.667 bits per heavy atom. The number of rotatable bonds is 25. The third-order valence-electron chi connectivity index (χ3n) is 6.33. The Bertz CT molecular complexity index is 805. The van der Waals surface area contributed by atoms with Crippen LogP contribution < -0.4 is 5.32 Å². The molecule has 0 aliphatic carbocycles. The fourth-order valence-electron chi connectivity index (χ4n) is 3.96. The van der Waals surface area contributed by atoms with E-state index in [1.165, 1.54) is 77.0 Å². The molecular formula is C26H47NNa4O10S. The van der Waals surface area contributed by atoms with E-state index in [4.69, 9.17) is 10.2 Å². The minimum absolute atomic E-state index is 0. The Morgan fingerprint density at radius 2 is 1.02 bits per heavy atom. The molecule has 0 bridgehead atoms. The van der Waals surface area contributed by atoms with Gasteiger partial charge in [-0.1, -0.05) is 103 Å². The Balaban J connectivity index is -0.00000114. The first-order valence-corrected chi connectivity index (χ1v) is 15.4. The predicted molar refractivity (Wildman–Crippen MR) is 165 cm³/mol. The third-order valence-corrected chi connectivity index (χ3v) is 7.41. The van der Waals surface area contributed by atoms with Gasteiger partial charge in [0.1, 0.15) is 6.61 Å². The van der Waals surface area contributed by atoms with Crippen LogP contribution in [0.25, 0.3) is 0 Å². The molecule has 0 spiro atoms. The SMILES string of the molecule is CCCCCCCCCCCCCCCCCCNC(=O)CC(C(=O)OCC(C(=O)O)C(=O)O)S(=O)(=O)O.[Na].[Na].[Na].[Na]. The van der Waals surface area contributed by atoms with E-state index in [0.717, 1.165) is 19.3 Å². The Morgan fingerprint density at radius 3 is 1.36 bits per heavy atom. The van der Waals surface area contributed by atoms with Crippen LogP contribution in [-0.4, -0.2) is 184 Å². The number of carbonyl (C=O) groups is 4. The maximum absolute atomic E-state index is 12.0. The van der Waals surface area contributed by atoms with E-state index >= 15 is 0 Å². The van der Waals surface area contributed by atoms with Crippen LogP contribution in [0.15, 0.2) is 0 Å². The summed E-state index contributed by atoms with van der Waals surface area (Å²) in [6, 6.07) is 0. The molecule has 4 radical (unpaired) electrons. The number of unbranched alkanes of at least 4 members (excludes halogenated alkanes) is 15. The number of carboxylic acids is 2. The fraction of sp³-hybridized carbons (Fsp3) is 0.846. The number of carbonyl (C=O) groups excluding carboxylic acids is 2. The van der Waals surface area contributed by atoms with Crippen molar-refractivity contribution in [1.82, 2.24) is 5.32 Å². The summed E-state index contributed by atoms with van der Waals surface area (Å²) >= 11 is 0. The van der Waals surface area contributed by atoms with Gasteiger partial charge in [-0.05, 0) is 6.42 Å². The van der Waals surface area contributed by atoms with E-state index < -0.39 is 58.1 Å². The molecule has 0 saturated heterocycles. The predicted octanol–water partition coefficient (Wildman–Crippen LogP) is 2.82. The van der Waals surface area contributed by atoms with Gasteiger partial charge in [0.05, 0.1) is 6.42 Å². The molecule has 42 heavy (non-hydrogen) atoms. The quantitative estimate of drug-likeness (QED) is 0.0374. The monoisotopic (exact) mass is 657 g/mol. The molecule has 0 saturated carbocycles. The normalized spacial score (nSPS) is 11.1. The summed E-state index contributed by atoms with van der Waals surface area (Å²) < 4.78 is 36.7. The number of esters is 1. The molecule has 0 fully saturated rings. The molecule has 0 heterocycles. The molecule has 0 aliphatic rings. The number of hydrogen-bond acceptors (Lipinski definition) is 7. The summed E-state index contributed by atoms with van der Waals surface area (Å²) in [5, 5.41) is 17.7.